The average Bonchev–Trinajstić information content (AvgIpc) is 3.21. The molecule has 1 saturated heterocycles. The number of β-amino-alcohol motifs (C(OH)–C–C–N with tert-alkyl or cyclic N) is 1. The van der Waals surface area contributed by atoms with E-state index in [1.165, 1.54) is 16.9 Å². The summed E-state index contributed by atoms with van der Waals surface area (Å²) in [5.74, 6) is 0.817. The van der Waals surface area contributed by atoms with Gasteiger partial charge in [-0.2, -0.15) is 0 Å². The quantitative estimate of drug-likeness (QED) is 0.692. The van der Waals surface area contributed by atoms with Crippen molar-refractivity contribution in [2.75, 3.05) is 19.6 Å². The molecule has 1 aromatic heterocycles. The van der Waals surface area contributed by atoms with E-state index in [-0.39, 0.29) is 24.3 Å². The number of ether oxygens (including phenoxy) is 1. The predicted octanol–water partition coefficient (Wildman–Crippen LogP) is 1.27. The molecule has 3 rings (SSSR count). The van der Waals surface area contributed by atoms with E-state index in [0.29, 0.717) is 19.7 Å². The van der Waals surface area contributed by atoms with Gasteiger partial charge in [0.25, 0.3) is 0 Å². The second-order valence-corrected chi connectivity index (χ2v) is 7.24. The molecule has 0 radical (unpaired) electrons. The van der Waals surface area contributed by atoms with E-state index in [4.69, 9.17) is 4.74 Å². The number of hydrogen-bond donors (Lipinski definition) is 3. The highest BCUT2D eigenvalue weighted by atomic mass is 32.1. The van der Waals surface area contributed by atoms with Crippen molar-refractivity contribution in [3.05, 3.63) is 45.9 Å². The lowest BCUT2D eigenvalue weighted by atomic mass is 10.1. The fraction of sp³-hybridized carbons (Fsp3) is 0.444. The molecule has 1 aliphatic heterocycles. The number of benzene rings is 1. The van der Waals surface area contributed by atoms with Crippen molar-refractivity contribution in [1.29, 1.82) is 0 Å². The number of aryl methyl sites for hydroxylation is 1. The first-order chi connectivity index (χ1) is 12.1. The molecule has 134 valence electrons. The van der Waals surface area contributed by atoms with Gasteiger partial charge >= 0.3 is 0 Å². The van der Waals surface area contributed by atoms with E-state index >= 15 is 0 Å². The Kier molecular flexibility index (Phi) is 6.01. The Bertz CT molecular complexity index is 702. The second kappa shape index (κ2) is 8.42. The van der Waals surface area contributed by atoms with Crippen LogP contribution in [-0.4, -0.2) is 41.7 Å². The van der Waals surface area contributed by atoms with Gasteiger partial charge in [0.05, 0.1) is 18.2 Å². The maximum absolute atomic E-state index is 12.0. The van der Waals surface area contributed by atoms with Crippen LogP contribution in [0, 0.1) is 12.8 Å². The van der Waals surface area contributed by atoms with Crippen LogP contribution < -0.4 is 15.4 Å². The molecule has 0 spiro atoms. The van der Waals surface area contributed by atoms with Crippen LogP contribution in [-0.2, 0) is 17.8 Å². The van der Waals surface area contributed by atoms with Crippen molar-refractivity contribution in [3.8, 4) is 5.75 Å². The van der Waals surface area contributed by atoms with Crippen molar-refractivity contribution in [2.45, 2.75) is 26.1 Å². The van der Waals surface area contributed by atoms with Gasteiger partial charge in [0.1, 0.15) is 17.4 Å². The van der Waals surface area contributed by atoms with Crippen LogP contribution in [0.4, 0.5) is 0 Å². The van der Waals surface area contributed by atoms with E-state index in [1.54, 1.807) is 0 Å². The maximum atomic E-state index is 12.0. The van der Waals surface area contributed by atoms with Crippen molar-refractivity contribution < 1.29 is 14.6 Å². The Balaban J connectivity index is 1.43. The molecule has 25 heavy (non-hydrogen) atoms. The highest BCUT2D eigenvalue weighted by molar-refractivity contribution is 7.09. The number of carbonyl (C=O) groups is 1. The number of carbonyl (C=O) groups excluding carboxylic acids is 1. The molecule has 2 unspecified atom stereocenters. The molecule has 6 nitrogen and oxygen atoms in total. The molecule has 1 aromatic carbocycles. The summed E-state index contributed by atoms with van der Waals surface area (Å²) < 4.78 is 5.70. The largest absolute Gasteiger partial charge is 0.486 e. The molecule has 3 N–H and O–H groups in total. The zero-order valence-corrected chi connectivity index (χ0v) is 15.0. The van der Waals surface area contributed by atoms with E-state index in [2.05, 4.69) is 15.6 Å². The SMILES string of the molecule is Cc1ccc(OCc2nc(CC(=O)NCC3CNCC3O)cs2)cc1. The highest BCUT2D eigenvalue weighted by Crippen LogP contribution is 2.16. The van der Waals surface area contributed by atoms with E-state index in [0.717, 1.165) is 23.0 Å². The molecule has 0 aliphatic carbocycles. The average molecular weight is 361 g/mol. The summed E-state index contributed by atoms with van der Waals surface area (Å²) in [5.41, 5.74) is 1.94. The summed E-state index contributed by atoms with van der Waals surface area (Å²) in [4.78, 5) is 16.5. The topological polar surface area (TPSA) is 83.5 Å². The number of rotatable bonds is 7. The fourth-order valence-corrected chi connectivity index (χ4v) is 3.38. The number of aromatic nitrogens is 1. The molecular formula is C18H23N3O3S. The van der Waals surface area contributed by atoms with E-state index in [1.807, 2.05) is 36.6 Å². The molecule has 1 amide bonds. The molecule has 0 bridgehead atoms. The Morgan fingerprint density at radius 3 is 2.92 bits per heavy atom. The first-order valence-electron chi connectivity index (χ1n) is 8.38. The number of aliphatic hydroxyl groups excluding tert-OH is 1. The van der Waals surface area contributed by atoms with Gasteiger partial charge in [-0.15, -0.1) is 11.3 Å². The Hall–Kier alpha value is -1.96. The number of hydrogen-bond acceptors (Lipinski definition) is 6. The van der Waals surface area contributed by atoms with Crippen LogP contribution >= 0.6 is 11.3 Å². The van der Waals surface area contributed by atoms with Crippen LogP contribution in [0.15, 0.2) is 29.6 Å². The number of aliphatic hydroxyl groups is 1. The van der Waals surface area contributed by atoms with Crippen molar-refractivity contribution in [1.82, 2.24) is 15.6 Å². The lowest BCUT2D eigenvalue weighted by Gasteiger charge is -2.13. The third-order valence-electron chi connectivity index (χ3n) is 4.19. The first-order valence-corrected chi connectivity index (χ1v) is 9.26. The monoisotopic (exact) mass is 361 g/mol. The highest BCUT2D eigenvalue weighted by Gasteiger charge is 2.25. The Labute approximate surface area is 151 Å². The van der Waals surface area contributed by atoms with Gasteiger partial charge in [0.2, 0.25) is 5.91 Å². The zero-order chi connectivity index (χ0) is 17.6. The van der Waals surface area contributed by atoms with Crippen LogP contribution in [0.25, 0.3) is 0 Å². The van der Waals surface area contributed by atoms with Crippen LogP contribution in [0.3, 0.4) is 0 Å². The smallest absolute Gasteiger partial charge is 0.226 e. The van der Waals surface area contributed by atoms with Gasteiger partial charge in [-0.1, -0.05) is 17.7 Å². The van der Waals surface area contributed by atoms with Gasteiger partial charge in [0.15, 0.2) is 0 Å². The molecular weight excluding hydrogens is 338 g/mol. The molecule has 2 heterocycles. The van der Waals surface area contributed by atoms with E-state index in [9.17, 15) is 9.90 Å². The minimum absolute atomic E-state index is 0.0737. The number of nitrogens with one attached hydrogen (secondary N) is 2. The fourth-order valence-electron chi connectivity index (χ4n) is 2.68. The molecule has 2 aromatic rings. The Morgan fingerprint density at radius 2 is 2.20 bits per heavy atom. The summed E-state index contributed by atoms with van der Waals surface area (Å²) in [6, 6.07) is 7.88. The van der Waals surface area contributed by atoms with Gasteiger partial charge in [-0.05, 0) is 19.1 Å². The normalized spacial score (nSPS) is 19.8. The number of nitrogens with zero attached hydrogens (tertiary/aromatic N) is 1. The summed E-state index contributed by atoms with van der Waals surface area (Å²) >= 11 is 1.49. The predicted molar refractivity (Wildman–Crippen MR) is 96.7 cm³/mol. The first kappa shape index (κ1) is 17.8. The molecule has 2 atom stereocenters. The summed E-state index contributed by atoms with van der Waals surface area (Å²) in [6.07, 6.45) is -0.137. The summed E-state index contributed by atoms with van der Waals surface area (Å²) in [5, 5.41) is 18.4. The van der Waals surface area contributed by atoms with E-state index < -0.39 is 0 Å². The van der Waals surface area contributed by atoms with Gasteiger partial charge in [0, 0.05) is 30.9 Å². The molecule has 1 fully saturated rings. The van der Waals surface area contributed by atoms with Gasteiger partial charge in [-0.3, -0.25) is 4.79 Å². The summed E-state index contributed by atoms with van der Waals surface area (Å²) in [7, 11) is 0. The van der Waals surface area contributed by atoms with Crippen molar-refractivity contribution in [2.24, 2.45) is 5.92 Å². The molecule has 1 aliphatic rings. The summed E-state index contributed by atoms with van der Waals surface area (Å²) in [6.45, 7) is 4.25. The third kappa shape index (κ3) is 5.26. The molecule has 0 saturated carbocycles. The van der Waals surface area contributed by atoms with Gasteiger partial charge in [-0.25, -0.2) is 4.98 Å². The van der Waals surface area contributed by atoms with Crippen molar-refractivity contribution in [3.63, 3.8) is 0 Å². The lowest BCUT2D eigenvalue weighted by molar-refractivity contribution is -0.120. The number of thiazole rings is 1. The number of amides is 1. The van der Waals surface area contributed by atoms with Crippen LogP contribution in [0.2, 0.25) is 0 Å². The minimum Gasteiger partial charge on any atom is -0.486 e. The van der Waals surface area contributed by atoms with Crippen LogP contribution in [0.1, 0.15) is 16.3 Å². The Morgan fingerprint density at radius 1 is 1.40 bits per heavy atom. The lowest BCUT2D eigenvalue weighted by Crippen LogP contribution is -2.35. The van der Waals surface area contributed by atoms with Crippen LogP contribution in [0.5, 0.6) is 5.75 Å². The second-order valence-electron chi connectivity index (χ2n) is 6.30. The third-order valence-corrected chi connectivity index (χ3v) is 5.06. The molecule has 7 heteroatoms. The zero-order valence-electron chi connectivity index (χ0n) is 14.2. The minimum atomic E-state index is -0.384. The van der Waals surface area contributed by atoms with Gasteiger partial charge < -0.3 is 20.5 Å². The van der Waals surface area contributed by atoms with Crippen molar-refractivity contribution >= 4 is 17.2 Å². The standard InChI is InChI=1S/C18H23N3O3S/c1-12-2-4-15(5-3-12)24-10-18-21-14(11-25-18)6-17(23)20-8-13-7-19-9-16(13)22/h2-5,11,13,16,19,22H,6-10H2,1H3,(H,20,23). The maximum Gasteiger partial charge on any atom is 0.226 e.